The van der Waals surface area contributed by atoms with Crippen molar-refractivity contribution in [2.75, 3.05) is 0 Å². The highest BCUT2D eigenvalue weighted by Crippen LogP contribution is 2.27. The van der Waals surface area contributed by atoms with Crippen molar-refractivity contribution in [3.05, 3.63) is 59.2 Å². The van der Waals surface area contributed by atoms with Crippen molar-refractivity contribution in [1.82, 2.24) is 0 Å². The van der Waals surface area contributed by atoms with Crippen LogP contribution in [-0.4, -0.2) is 5.11 Å². The summed E-state index contributed by atoms with van der Waals surface area (Å²) < 4.78 is 5.75. The Kier molecular flexibility index (Phi) is 3.84. The van der Waals surface area contributed by atoms with E-state index in [0.29, 0.717) is 17.1 Å². The van der Waals surface area contributed by atoms with Crippen LogP contribution in [0.1, 0.15) is 29.7 Å². The zero-order chi connectivity index (χ0) is 13.8. The van der Waals surface area contributed by atoms with Crippen molar-refractivity contribution in [3.8, 4) is 17.6 Å². The normalized spacial score (nSPS) is 11.7. The summed E-state index contributed by atoms with van der Waals surface area (Å²) in [4.78, 5) is 0. The highest BCUT2D eigenvalue weighted by atomic mass is 16.5. The maximum Gasteiger partial charge on any atom is 0.131 e. The lowest BCUT2D eigenvalue weighted by Crippen LogP contribution is -1.92. The molecule has 0 aromatic heterocycles. The first-order valence-electron chi connectivity index (χ1n) is 6.07. The quantitative estimate of drug-likeness (QED) is 0.907. The number of benzene rings is 2. The molecule has 2 rings (SSSR count). The van der Waals surface area contributed by atoms with Crippen LogP contribution in [0.4, 0.5) is 0 Å². The van der Waals surface area contributed by atoms with Crippen LogP contribution in [0.25, 0.3) is 0 Å². The Bertz CT molecular complexity index is 610. The van der Waals surface area contributed by atoms with Crippen LogP contribution in [0.3, 0.4) is 0 Å². The van der Waals surface area contributed by atoms with Crippen LogP contribution in [-0.2, 0) is 0 Å². The van der Waals surface area contributed by atoms with Gasteiger partial charge in [0.1, 0.15) is 11.5 Å². The van der Waals surface area contributed by atoms with Crippen molar-refractivity contribution < 1.29 is 9.84 Å². The van der Waals surface area contributed by atoms with Gasteiger partial charge in [0.25, 0.3) is 0 Å². The summed E-state index contributed by atoms with van der Waals surface area (Å²) in [5, 5.41) is 18.3. The lowest BCUT2D eigenvalue weighted by molar-refractivity contribution is 0.199. The minimum atomic E-state index is -0.488. The first-order chi connectivity index (χ1) is 9.10. The lowest BCUT2D eigenvalue weighted by Gasteiger charge is -2.10. The third kappa shape index (κ3) is 3.12. The van der Waals surface area contributed by atoms with Gasteiger partial charge in [-0.2, -0.15) is 5.26 Å². The molecule has 3 nitrogen and oxygen atoms in total. The fourth-order valence-electron chi connectivity index (χ4n) is 1.72. The van der Waals surface area contributed by atoms with Gasteiger partial charge in [0, 0.05) is 0 Å². The Morgan fingerprint density at radius 2 is 1.84 bits per heavy atom. The third-order valence-corrected chi connectivity index (χ3v) is 2.91. The molecule has 0 bridgehead atoms. The molecule has 0 heterocycles. The molecule has 0 saturated carbocycles. The summed E-state index contributed by atoms with van der Waals surface area (Å²) in [6.45, 7) is 3.65. The molecule has 2 aromatic carbocycles. The SMILES string of the molecule is Cc1ccc(C#N)cc1Oc1ccc([C@H](C)O)cc1. The highest BCUT2D eigenvalue weighted by molar-refractivity contribution is 5.44. The summed E-state index contributed by atoms with van der Waals surface area (Å²) in [5.41, 5.74) is 2.38. The van der Waals surface area contributed by atoms with Gasteiger partial charge in [0.2, 0.25) is 0 Å². The van der Waals surface area contributed by atoms with E-state index in [1.54, 1.807) is 31.2 Å². The molecule has 96 valence electrons. The number of nitrogens with zero attached hydrogens (tertiary/aromatic N) is 1. The number of hydrogen-bond donors (Lipinski definition) is 1. The molecule has 1 atom stereocenters. The van der Waals surface area contributed by atoms with Crippen molar-refractivity contribution in [1.29, 1.82) is 5.26 Å². The Labute approximate surface area is 112 Å². The molecular weight excluding hydrogens is 238 g/mol. The Morgan fingerprint density at radius 1 is 1.16 bits per heavy atom. The maximum atomic E-state index is 9.44. The highest BCUT2D eigenvalue weighted by Gasteiger charge is 2.05. The van der Waals surface area contributed by atoms with E-state index in [2.05, 4.69) is 6.07 Å². The average molecular weight is 253 g/mol. The zero-order valence-corrected chi connectivity index (χ0v) is 10.9. The van der Waals surface area contributed by atoms with Gasteiger partial charge in [0.15, 0.2) is 0 Å². The number of rotatable bonds is 3. The smallest absolute Gasteiger partial charge is 0.131 e. The maximum absolute atomic E-state index is 9.44. The largest absolute Gasteiger partial charge is 0.457 e. The molecular formula is C16H15NO2. The van der Waals surface area contributed by atoms with E-state index in [4.69, 9.17) is 10.00 Å². The van der Waals surface area contributed by atoms with E-state index in [0.717, 1.165) is 11.1 Å². The molecule has 0 aliphatic rings. The van der Waals surface area contributed by atoms with Crippen LogP contribution >= 0.6 is 0 Å². The van der Waals surface area contributed by atoms with Crippen LogP contribution in [0.5, 0.6) is 11.5 Å². The van der Waals surface area contributed by atoms with Gasteiger partial charge in [0.05, 0.1) is 17.7 Å². The van der Waals surface area contributed by atoms with Crippen LogP contribution < -0.4 is 4.74 Å². The van der Waals surface area contributed by atoms with Crippen molar-refractivity contribution in [2.45, 2.75) is 20.0 Å². The number of ether oxygens (including phenoxy) is 1. The standard InChI is InChI=1S/C16H15NO2/c1-11-3-4-13(10-17)9-16(11)19-15-7-5-14(6-8-15)12(2)18/h3-9,12,18H,1-2H3/t12-/m0/s1. The first-order valence-corrected chi connectivity index (χ1v) is 6.07. The molecule has 0 amide bonds. The average Bonchev–Trinajstić information content (AvgIpc) is 2.42. The van der Waals surface area contributed by atoms with E-state index >= 15 is 0 Å². The minimum absolute atomic E-state index is 0.488. The van der Waals surface area contributed by atoms with E-state index < -0.39 is 6.10 Å². The van der Waals surface area contributed by atoms with Gasteiger partial charge < -0.3 is 9.84 Å². The molecule has 0 unspecified atom stereocenters. The predicted molar refractivity (Wildman–Crippen MR) is 73.0 cm³/mol. The topological polar surface area (TPSA) is 53.2 Å². The summed E-state index contributed by atoms with van der Waals surface area (Å²) in [6, 6.07) is 14.7. The molecule has 3 heteroatoms. The number of aryl methyl sites for hydroxylation is 1. The van der Waals surface area contributed by atoms with E-state index in [-0.39, 0.29) is 0 Å². The van der Waals surface area contributed by atoms with Crippen molar-refractivity contribution in [2.24, 2.45) is 0 Å². The molecule has 0 radical (unpaired) electrons. The molecule has 0 aliphatic heterocycles. The number of hydrogen-bond acceptors (Lipinski definition) is 3. The fourth-order valence-corrected chi connectivity index (χ4v) is 1.72. The van der Waals surface area contributed by atoms with Crippen LogP contribution in [0, 0.1) is 18.3 Å². The monoisotopic (exact) mass is 253 g/mol. The molecule has 19 heavy (non-hydrogen) atoms. The molecule has 0 aliphatic carbocycles. The number of nitriles is 1. The second-order valence-electron chi connectivity index (χ2n) is 4.44. The predicted octanol–water partition coefficient (Wildman–Crippen LogP) is 3.71. The molecule has 0 fully saturated rings. The fraction of sp³-hybridized carbons (Fsp3) is 0.188. The molecule has 0 saturated heterocycles. The van der Waals surface area contributed by atoms with E-state index in [1.807, 2.05) is 25.1 Å². The van der Waals surface area contributed by atoms with Gasteiger partial charge in [-0.25, -0.2) is 0 Å². The van der Waals surface area contributed by atoms with Gasteiger partial charge in [-0.3, -0.25) is 0 Å². The van der Waals surface area contributed by atoms with Gasteiger partial charge >= 0.3 is 0 Å². The Balaban J connectivity index is 2.24. The molecule has 1 N–H and O–H groups in total. The van der Waals surface area contributed by atoms with Gasteiger partial charge in [-0.1, -0.05) is 18.2 Å². The van der Waals surface area contributed by atoms with E-state index in [1.165, 1.54) is 0 Å². The Morgan fingerprint density at radius 3 is 2.42 bits per heavy atom. The second-order valence-corrected chi connectivity index (χ2v) is 4.44. The van der Waals surface area contributed by atoms with Gasteiger partial charge in [-0.05, 0) is 49.2 Å². The summed E-state index contributed by atoms with van der Waals surface area (Å²) in [6.07, 6.45) is -0.488. The van der Waals surface area contributed by atoms with Crippen molar-refractivity contribution in [3.63, 3.8) is 0 Å². The van der Waals surface area contributed by atoms with Crippen molar-refractivity contribution >= 4 is 0 Å². The zero-order valence-electron chi connectivity index (χ0n) is 10.9. The van der Waals surface area contributed by atoms with Crippen LogP contribution in [0.15, 0.2) is 42.5 Å². The molecule has 0 spiro atoms. The minimum Gasteiger partial charge on any atom is -0.457 e. The summed E-state index contributed by atoms with van der Waals surface area (Å²) >= 11 is 0. The summed E-state index contributed by atoms with van der Waals surface area (Å²) in [7, 11) is 0. The summed E-state index contributed by atoms with van der Waals surface area (Å²) in [5.74, 6) is 1.35. The Hall–Kier alpha value is -2.31. The number of aliphatic hydroxyl groups excluding tert-OH is 1. The van der Waals surface area contributed by atoms with Crippen LogP contribution in [0.2, 0.25) is 0 Å². The lowest BCUT2D eigenvalue weighted by atomic mass is 10.1. The third-order valence-electron chi connectivity index (χ3n) is 2.91. The molecule has 2 aromatic rings. The first kappa shape index (κ1) is 13.1. The number of aliphatic hydroxyl groups is 1. The van der Waals surface area contributed by atoms with Gasteiger partial charge in [-0.15, -0.1) is 0 Å². The van der Waals surface area contributed by atoms with E-state index in [9.17, 15) is 5.11 Å². The second kappa shape index (κ2) is 5.55.